The maximum Gasteiger partial charge on any atom is 0.472 e. The highest BCUT2D eigenvalue weighted by Crippen LogP contribution is 2.45. The molecule has 0 saturated heterocycles. The second-order valence-electron chi connectivity index (χ2n) is 24.8. The molecule has 0 heterocycles. The van der Waals surface area contributed by atoms with Crippen LogP contribution in [-0.4, -0.2) is 96.7 Å². The molecule has 87 heavy (non-hydrogen) atoms. The number of carbonyl (C=O) groups is 4. The minimum Gasteiger partial charge on any atom is -0.462 e. The number of rotatable bonds is 65. The van der Waals surface area contributed by atoms with E-state index in [9.17, 15) is 43.2 Å². The van der Waals surface area contributed by atoms with E-state index < -0.39 is 97.5 Å². The van der Waals surface area contributed by atoms with Crippen molar-refractivity contribution in [2.45, 2.75) is 336 Å². The number of aliphatic hydroxyl groups is 1. The van der Waals surface area contributed by atoms with E-state index in [0.717, 1.165) is 127 Å². The summed E-state index contributed by atoms with van der Waals surface area (Å²) in [6.07, 6.45) is 46.8. The zero-order valence-corrected chi connectivity index (χ0v) is 57.6. The Balaban J connectivity index is 5.26. The fraction of sp³-hybridized carbons (Fsp3) is 0.882. The highest BCUT2D eigenvalue weighted by Gasteiger charge is 2.30. The Labute approximate surface area is 529 Å². The average molecular weight is 1280 g/mol. The lowest BCUT2D eigenvalue weighted by Gasteiger charge is -2.21. The van der Waals surface area contributed by atoms with Crippen LogP contribution in [0.2, 0.25) is 0 Å². The molecule has 3 N–H and O–H groups in total. The Kier molecular flexibility index (Phi) is 58.1. The van der Waals surface area contributed by atoms with Crippen LogP contribution >= 0.6 is 15.6 Å². The fourth-order valence-electron chi connectivity index (χ4n) is 9.70. The molecule has 0 saturated carbocycles. The zero-order valence-electron chi connectivity index (χ0n) is 55.8. The molecule has 17 nitrogen and oxygen atoms in total. The molecule has 0 radical (unpaired) electrons. The third-order valence-electron chi connectivity index (χ3n) is 15.1. The second-order valence-corrected chi connectivity index (χ2v) is 27.7. The number of allylic oxidation sites excluding steroid dienone is 4. The number of hydrogen-bond acceptors (Lipinski definition) is 15. The first-order valence-electron chi connectivity index (χ1n) is 34.8. The lowest BCUT2D eigenvalue weighted by molar-refractivity contribution is -0.161. The summed E-state index contributed by atoms with van der Waals surface area (Å²) in [5.41, 5.74) is 0. The fourth-order valence-corrected chi connectivity index (χ4v) is 11.3. The van der Waals surface area contributed by atoms with Gasteiger partial charge in [-0.15, -0.1) is 0 Å². The number of unbranched alkanes of at least 4 members (excludes halogenated alkanes) is 32. The van der Waals surface area contributed by atoms with Crippen LogP contribution in [0.25, 0.3) is 0 Å². The van der Waals surface area contributed by atoms with E-state index in [4.69, 9.17) is 37.0 Å². The topological polar surface area (TPSA) is 237 Å². The lowest BCUT2D eigenvalue weighted by Crippen LogP contribution is -2.30. The van der Waals surface area contributed by atoms with Gasteiger partial charge in [0.1, 0.15) is 19.3 Å². The van der Waals surface area contributed by atoms with Gasteiger partial charge in [0.2, 0.25) is 0 Å². The van der Waals surface area contributed by atoms with E-state index in [2.05, 4.69) is 65.8 Å². The molecule has 0 spiro atoms. The summed E-state index contributed by atoms with van der Waals surface area (Å²) in [6, 6.07) is 0. The van der Waals surface area contributed by atoms with Crippen molar-refractivity contribution in [1.29, 1.82) is 0 Å². The number of ether oxygens (including phenoxy) is 4. The zero-order chi connectivity index (χ0) is 64.3. The number of esters is 4. The number of aliphatic hydroxyl groups excluding tert-OH is 1. The average Bonchev–Trinajstić information content (AvgIpc) is 3.56. The molecular formula is C68H128O17P2. The van der Waals surface area contributed by atoms with E-state index in [1.165, 1.54) is 109 Å². The molecule has 0 aromatic carbocycles. The summed E-state index contributed by atoms with van der Waals surface area (Å²) in [7, 11) is -9.90. The van der Waals surface area contributed by atoms with Crippen LogP contribution in [-0.2, 0) is 65.4 Å². The first-order chi connectivity index (χ1) is 41.9. The van der Waals surface area contributed by atoms with Gasteiger partial charge in [-0.1, -0.05) is 265 Å². The van der Waals surface area contributed by atoms with Gasteiger partial charge in [-0.2, -0.15) is 0 Å². The predicted octanol–water partition coefficient (Wildman–Crippen LogP) is 18.8. The van der Waals surface area contributed by atoms with Gasteiger partial charge in [0.15, 0.2) is 12.2 Å². The number of phosphoric acid groups is 2. The standard InChI is InChI=1S/C68H128O17P2/c1-7-9-11-13-15-16-17-18-19-20-23-27-34-40-46-52-67(72)84-64(57-79-66(71)51-45-39-33-26-24-21-22-25-31-36-42-48-60(3)4)59-83-87(76,77)81-55-62(69)54-80-86(74,75)82-58-63(56-78-65(70)50-44-38-30-14-12-10-8-2)85-68(73)53-47-41-35-29-28-32-37-43-49-61(5)6/h16-19,60-64,69H,7-15,20-59H2,1-6H3,(H,74,75)(H,76,77)/b17-16-,19-18-/t62-,63+,64+/m0/s1. The van der Waals surface area contributed by atoms with Gasteiger partial charge >= 0.3 is 39.5 Å². The molecule has 0 aromatic rings. The smallest absolute Gasteiger partial charge is 0.462 e. The van der Waals surface area contributed by atoms with Crippen LogP contribution in [0, 0.1) is 11.8 Å². The van der Waals surface area contributed by atoms with Gasteiger partial charge in [-0.05, 0) is 63.2 Å². The summed E-state index contributed by atoms with van der Waals surface area (Å²) < 4.78 is 68.0. The predicted molar refractivity (Wildman–Crippen MR) is 349 cm³/mol. The van der Waals surface area contributed by atoms with Gasteiger partial charge in [0.05, 0.1) is 26.4 Å². The van der Waals surface area contributed by atoms with Gasteiger partial charge in [-0.25, -0.2) is 9.13 Å². The molecule has 512 valence electrons. The van der Waals surface area contributed by atoms with Gasteiger partial charge < -0.3 is 33.8 Å². The van der Waals surface area contributed by atoms with Crippen LogP contribution in [0.1, 0.15) is 318 Å². The molecule has 0 rings (SSSR count). The quantitative estimate of drug-likeness (QED) is 0.0169. The number of phosphoric ester groups is 2. The minimum atomic E-state index is -4.96. The molecule has 0 aromatic heterocycles. The third kappa shape index (κ3) is 62.1. The first kappa shape index (κ1) is 84.5. The summed E-state index contributed by atoms with van der Waals surface area (Å²) in [4.78, 5) is 72.3. The van der Waals surface area contributed by atoms with Crippen molar-refractivity contribution < 1.29 is 80.2 Å². The third-order valence-corrected chi connectivity index (χ3v) is 17.0. The van der Waals surface area contributed by atoms with Crippen LogP contribution in [0.5, 0.6) is 0 Å². The summed E-state index contributed by atoms with van der Waals surface area (Å²) >= 11 is 0. The van der Waals surface area contributed by atoms with Crippen molar-refractivity contribution >= 4 is 39.5 Å². The van der Waals surface area contributed by atoms with E-state index in [1.54, 1.807) is 0 Å². The molecule has 0 fully saturated rings. The maximum absolute atomic E-state index is 13.0. The minimum absolute atomic E-state index is 0.0846. The van der Waals surface area contributed by atoms with Gasteiger partial charge in [0.25, 0.3) is 0 Å². The molecule has 0 aliphatic rings. The van der Waals surface area contributed by atoms with E-state index in [-0.39, 0.29) is 25.7 Å². The highest BCUT2D eigenvalue weighted by atomic mass is 31.2. The van der Waals surface area contributed by atoms with Crippen molar-refractivity contribution in [1.82, 2.24) is 0 Å². The van der Waals surface area contributed by atoms with Crippen molar-refractivity contribution in [3.05, 3.63) is 24.3 Å². The van der Waals surface area contributed by atoms with Crippen molar-refractivity contribution in [2.75, 3.05) is 39.6 Å². The van der Waals surface area contributed by atoms with Crippen molar-refractivity contribution in [2.24, 2.45) is 11.8 Å². The number of hydrogen-bond donors (Lipinski definition) is 3. The lowest BCUT2D eigenvalue weighted by atomic mass is 10.0. The molecular weight excluding hydrogens is 1150 g/mol. The summed E-state index contributed by atoms with van der Waals surface area (Å²) in [5.74, 6) is -0.678. The first-order valence-corrected chi connectivity index (χ1v) is 37.8. The summed E-state index contributed by atoms with van der Waals surface area (Å²) in [6.45, 7) is 9.38. The van der Waals surface area contributed by atoms with Crippen LogP contribution in [0.3, 0.4) is 0 Å². The monoisotopic (exact) mass is 1280 g/mol. The molecule has 5 atom stereocenters. The van der Waals surface area contributed by atoms with Gasteiger partial charge in [0, 0.05) is 25.7 Å². The van der Waals surface area contributed by atoms with Crippen molar-refractivity contribution in [3.63, 3.8) is 0 Å². The van der Waals surface area contributed by atoms with Crippen LogP contribution in [0.4, 0.5) is 0 Å². The molecule has 0 bridgehead atoms. The molecule has 0 aliphatic carbocycles. The largest absolute Gasteiger partial charge is 0.472 e. The molecule has 2 unspecified atom stereocenters. The molecule has 19 heteroatoms. The van der Waals surface area contributed by atoms with Crippen LogP contribution in [0.15, 0.2) is 24.3 Å². The second kappa shape index (κ2) is 59.8. The van der Waals surface area contributed by atoms with Crippen molar-refractivity contribution in [3.8, 4) is 0 Å². The van der Waals surface area contributed by atoms with E-state index in [0.29, 0.717) is 25.7 Å². The molecule has 0 amide bonds. The summed E-state index contributed by atoms with van der Waals surface area (Å²) in [5, 5.41) is 10.5. The Morgan fingerprint density at radius 2 is 0.621 bits per heavy atom. The molecule has 0 aliphatic heterocycles. The Morgan fingerprint density at radius 3 is 0.943 bits per heavy atom. The number of carbonyl (C=O) groups excluding carboxylic acids is 4. The highest BCUT2D eigenvalue weighted by molar-refractivity contribution is 7.47. The SMILES string of the molecule is CCCCCC/C=C\C=C/CCCCCCCC(=O)O[C@H](COC(=O)CCCCCCCCCCCCCC(C)C)COP(=O)(O)OC[C@@H](O)COP(=O)(O)OC[C@@H](COC(=O)CCCCCCCCC)OC(=O)CCCCCCCCCCC(C)C. The Bertz CT molecular complexity index is 1790. The maximum atomic E-state index is 13.0. The van der Waals surface area contributed by atoms with E-state index >= 15 is 0 Å². The Hall–Kier alpha value is -2.46. The van der Waals surface area contributed by atoms with Gasteiger partial charge in [-0.3, -0.25) is 37.3 Å². The van der Waals surface area contributed by atoms with Crippen LogP contribution < -0.4 is 0 Å². The Morgan fingerprint density at radius 1 is 0.356 bits per heavy atom. The normalized spacial score (nSPS) is 14.4. The van der Waals surface area contributed by atoms with E-state index in [1.807, 2.05) is 0 Å².